The third-order valence-electron chi connectivity index (χ3n) is 2.79. The van der Waals surface area contributed by atoms with Crippen molar-refractivity contribution in [3.8, 4) is 0 Å². The smallest absolute Gasteiger partial charge is 0.306 e. The van der Waals surface area contributed by atoms with E-state index >= 15 is 0 Å². The molecular weight excluding hydrogens is 246 g/mol. The lowest BCUT2D eigenvalue weighted by atomic mass is 9.92. The highest BCUT2D eigenvalue weighted by molar-refractivity contribution is 5.69. The SMILES string of the molecule is CCOC(=O)CC1CCN(OC(C)(C)C)C(=C=O)C1. The summed E-state index contributed by atoms with van der Waals surface area (Å²) in [4.78, 5) is 28.2. The quantitative estimate of drug-likeness (QED) is 0.578. The van der Waals surface area contributed by atoms with Crippen molar-refractivity contribution in [2.45, 2.75) is 52.6 Å². The van der Waals surface area contributed by atoms with E-state index in [9.17, 15) is 9.59 Å². The first-order valence-electron chi connectivity index (χ1n) is 6.72. The van der Waals surface area contributed by atoms with Crippen molar-refractivity contribution in [1.82, 2.24) is 5.06 Å². The summed E-state index contributed by atoms with van der Waals surface area (Å²) in [6.45, 7) is 8.57. The van der Waals surface area contributed by atoms with Gasteiger partial charge in [-0.2, -0.15) is 0 Å². The van der Waals surface area contributed by atoms with Gasteiger partial charge in [-0.1, -0.05) is 0 Å². The van der Waals surface area contributed by atoms with E-state index in [1.165, 1.54) is 0 Å². The predicted molar refractivity (Wildman–Crippen MR) is 70.7 cm³/mol. The number of rotatable bonds is 4. The van der Waals surface area contributed by atoms with Crippen molar-refractivity contribution in [2.75, 3.05) is 13.2 Å². The number of piperidine rings is 1. The average Bonchev–Trinajstić information content (AvgIpc) is 2.29. The summed E-state index contributed by atoms with van der Waals surface area (Å²) in [6, 6.07) is 0. The second kappa shape index (κ2) is 6.73. The Hall–Kier alpha value is -1.32. The average molecular weight is 269 g/mol. The molecular formula is C14H23NO4. The second-order valence-electron chi connectivity index (χ2n) is 5.72. The number of hydrogen-bond acceptors (Lipinski definition) is 5. The monoisotopic (exact) mass is 269 g/mol. The molecule has 1 aliphatic heterocycles. The molecule has 1 heterocycles. The maximum Gasteiger partial charge on any atom is 0.306 e. The molecule has 1 atom stereocenters. The first kappa shape index (κ1) is 15.7. The molecule has 1 unspecified atom stereocenters. The number of esters is 1. The number of hydroxylamine groups is 2. The first-order valence-corrected chi connectivity index (χ1v) is 6.72. The fourth-order valence-electron chi connectivity index (χ4n) is 2.07. The molecule has 0 bridgehead atoms. The molecule has 1 aliphatic rings. The van der Waals surface area contributed by atoms with Crippen molar-refractivity contribution < 1.29 is 19.2 Å². The van der Waals surface area contributed by atoms with Crippen LogP contribution in [0.3, 0.4) is 0 Å². The standard InChI is InChI=1S/C14H23NO4/c1-5-18-13(17)9-11-6-7-15(12(8-11)10-16)19-14(2,3)4/h11H,5-9H2,1-4H3. The zero-order valence-electron chi connectivity index (χ0n) is 12.2. The molecule has 0 N–H and O–H groups in total. The van der Waals surface area contributed by atoms with Gasteiger partial charge in [0.1, 0.15) is 11.6 Å². The van der Waals surface area contributed by atoms with Crippen molar-refractivity contribution >= 4 is 11.9 Å². The van der Waals surface area contributed by atoms with Gasteiger partial charge in [-0.3, -0.25) is 9.63 Å². The molecule has 0 aromatic heterocycles. The van der Waals surface area contributed by atoms with Crippen LogP contribution in [0.5, 0.6) is 0 Å². The Bertz CT molecular complexity index is 366. The number of hydrogen-bond donors (Lipinski definition) is 0. The summed E-state index contributed by atoms with van der Waals surface area (Å²) in [5, 5.41) is 1.61. The summed E-state index contributed by atoms with van der Waals surface area (Å²) in [7, 11) is 0. The minimum Gasteiger partial charge on any atom is -0.466 e. The molecule has 0 aromatic carbocycles. The van der Waals surface area contributed by atoms with Gasteiger partial charge >= 0.3 is 5.97 Å². The van der Waals surface area contributed by atoms with Crippen LogP contribution in [-0.2, 0) is 19.2 Å². The lowest BCUT2D eigenvalue weighted by Gasteiger charge is -2.36. The Morgan fingerprint density at radius 3 is 2.68 bits per heavy atom. The van der Waals surface area contributed by atoms with Crippen molar-refractivity contribution in [3.63, 3.8) is 0 Å². The molecule has 1 fully saturated rings. The summed E-state index contributed by atoms with van der Waals surface area (Å²) in [6.07, 6.45) is 1.67. The van der Waals surface area contributed by atoms with Crippen molar-refractivity contribution in [3.05, 3.63) is 5.70 Å². The maximum atomic E-state index is 11.4. The largest absolute Gasteiger partial charge is 0.466 e. The van der Waals surface area contributed by atoms with Crippen LogP contribution in [0.1, 0.15) is 47.0 Å². The van der Waals surface area contributed by atoms with Crippen LogP contribution in [0.15, 0.2) is 5.70 Å². The number of ether oxygens (including phenoxy) is 1. The predicted octanol–water partition coefficient (Wildman–Crippen LogP) is 2.10. The zero-order chi connectivity index (χ0) is 14.5. The highest BCUT2D eigenvalue weighted by Gasteiger charge is 2.29. The normalized spacial score (nSPS) is 20.1. The lowest BCUT2D eigenvalue weighted by Crippen LogP contribution is -2.39. The highest BCUT2D eigenvalue weighted by atomic mass is 16.7. The Balaban J connectivity index is 2.56. The summed E-state index contributed by atoms with van der Waals surface area (Å²) >= 11 is 0. The van der Waals surface area contributed by atoms with E-state index in [4.69, 9.17) is 9.57 Å². The van der Waals surface area contributed by atoms with Crippen LogP contribution in [0.25, 0.3) is 0 Å². The van der Waals surface area contributed by atoms with Gasteiger partial charge in [0, 0.05) is 19.4 Å². The van der Waals surface area contributed by atoms with Gasteiger partial charge in [0.05, 0.1) is 12.2 Å². The molecule has 0 saturated carbocycles. The Morgan fingerprint density at radius 2 is 2.16 bits per heavy atom. The molecule has 1 saturated heterocycles. The van der Waals surface area contributed by atoms with Gasteiger partial charge in [0.15, 0.2) is 0 Å². The van der Waals surface area contributed by atoms with E-state index in [1.807, 2.05) is 26.7 Å². The van der Waals surface area contributed by atoms with Gasteiger partial charge in [-0.25, -0.2) is 9.86 Å². The van der Waals surface area contributed by atoms with Gasteiger partial charge < -0.3 is 4.74 Å². The zero-order valence-corrected chi connectivity index (χ0v) is 12.2. The fourth-order valence-corrected chi connectivity index (χ4v) is 2.07. The number of nitrogens with zero attached hydrogens (tertiary/aromatic N) is 1. The molecule has 19 heavy (non-hydrogen) atoms. The number of carbonyl (C=O) groups excluding carboxylic acids is 2. The minimum atomic E-state index is -0.351. The van der Waals surface area contributed by atoms with E-state index in [0.29, 0.717) is 31.7 Å². The topological polar surface area (TPSA) is 55.8 Å². The third kappa shape index (κ3) is 5.45. The van der Waals surface area contributed by atoms with E-state index in [2.05, 4.69) is 0 Å². The van der Waals surface area contributed by atoms with Crippen LogP contribution >= 0.6 is 0 Å². The van der Waals surface area contributed by atoms with Crippen molar-refractivity contribution in [1.29, 1.82) is 0 Å². The van der Waals surface area contributed by atoms with Crippen LogP contribution in [-0.4, -0.2) is 35.7 Å². The second-order valence-corrected chi connectivity index (χ2v) is 5.72. The Labute approximate surface area is 114 Å². The molecule has 0 amide bonds. The first-order chi connectivity index (χ1) is 8.85. The molecule has 0 spiro atoms. The van der Waals surface area contributed by atoms with Crippen LogP contribution < -0.4 is 0 Å². The highest BCUT2D eigenvalue weighted by Crippen LogP contribution is 2.29. The Kier molecular flexibility index (Phi) is 5.58. The van der Waals surface area contributed by atoms with Gasteiger partial charge in [-0.15, -0.1) is 0 Å². The number of carbonyl (C=O) groups is 1. The molecule has 5 nitrogen and oxygen atoms in total. The molecule has 5 heteroatoms. The summed E-state index contributed by atoms with van der Waals surface area (Å²) in [5.41, 5.74) is 0.131. The van der Waals surface area contributed by atoms with Crippen molar-refractivity contribution in [2.24, 2.45) is 5.92 Å². The minimum absolute atomic E-state index is 0.135. The van der Waals surface area contributed by atoms with Gasteiger partial charge in [0.2, 0.25) is 0 Å². The molecule has 0 aliphatic carbocycles. The van der Waals surface area contributed by atoms with Crippen LogP contribution in [0.4, 0.5) is 0 Å². The molecule has 108 valence electrons. The maximum absolute atomic E-state index is 11.4. The van der Waals surface area contributed by atoms with Crippen LogP contribution in [0.2, 0.25) is 0 Å². The third-order valence-corrected chi connectivity index (χ3v) is 2.79. The van der Waals surface area contributed by atoms with E-state index in [0.717, 1.165) is 6.42 Å². The lowest BCUT2D eigenvalue weighted by molar-refractivity contribution is -0.216. The number of allylic oxidation sites excluding steroid dienone is 1. The fraction of sp³-hybridized carbons (Fsp3) is 0.786. The molecule has 1 rings (SSSR count). The van der Waals surface area contributed by atoms with Gasteiger partial charge in [-0.05, 0) is 40.0 Å². The van der Waals surface area contributed by atoms with Crippen LogP contribution in [0, 0.1) is 5.92 Å². The van der Waals surface area contributed by atoms with E-state index in [1.54, 1.807) is 12.0 Å². The summed E-state index contributed by atoms with van der Waals surface area (Å²) in [5.74, 6) is 1.86. The van der Waals surface area contributed by atoms with Gasteiger partial charge in [0.25, 0.3) is 0 Å². The molecule has 0 radical (unpaired) electrons. The molecule has 0 aromatic rings. The van der Waals surface area contributed by atoms with E-state index in [-0.39, 0.29) is 17.5 Å². The Morgan fingerprint density at radius 1 is 1.47 bits per heavy atom. The summed E-state index contributed by atoms with van der Waals surface area (Å²) < 4.78 is 4.93. The van der Waals surface area contributed by atoms with E-state index < -0.39 is 0 Å².